The van der Waals surface area contributed by atoms with Crippen molar-refractivity contribution >= 4 is 11.0 Å². The topological polar surface area (TPSA) is 57.1 Å². The van der Waals surface area contributed by atoms with Crippen LogP contribution in [0.1, 0.15) is 19.8 Å². The molecule has 90 valence electrons. The summed E-state index contributed by atoms with van der Waals surface area (Å²) in [6, 6.07) is 3.99. The molecule has 0 aliphatic carbocycles. The molecule has 0 aromatic carbocycles. The quantitative estimate of drug-likeness (QED) is 0.741. The summed E-state index contributed by atoms with van der Waals surface area (Å²) in [4.78, 5) is 12.6. The number of hydrogen-bond donors (Lipinski definition) is 0. The van der Waals surface area contributed by atoms with Gasteiger partial charge in [-0.15, -0.1) is 0 Å². The molecule has 0 aliphatic rings. The second kappa shape index (κ2) is 5.43. The maximum atomic E-state index is 5.61. The van der Waals surface area contributed by atoms with Gasteiger partial charge < -0.3 is 9.47 Å². The fourth-order valence-electron chi connectivity index (χ4n) is 1.42. The third-order valence-electron chi connectivity index (χ3n) is 2.32. The lowest BCUT2D eigenvalue weighted by Crippen LogP contribution is -2.02. The third-order valence-corrected chi connectivity index (χ3v) is 2.32. The van der Waals surface area contributed by atoms with Gasteiger partial charge >= 0.3 is 6.01 Å². The van der Waals surface area contributed by atoms with E-state index in [1.807, 2.05) is 12.1 Å². The molecule has 2 rings (SSSR count). The smallest absolute Gasteiger partial charge is 0.320 e. The predicted molar refractivity (Wildman–Crippen MR) is 64.3 cm³/mol. The second-order valence-electron chi connectivity index (χ2n) is 3.59. The monoisotopic (exact) mass is 233 g/mol. The molecule has 2 aromatic heterocycles. The largest absolute Gasteiger partial charge is 0.476 e. The average molecular weight is 233 g/mol. The van der Waals surface area contributed by atoms with Gasteiger partial charge in [0.25, 0.3) is 0 Å². The fraction of sp³-hybridized carbons (Fsp3) is 0.417. The minimum absolute atomic E-state index is 0.303. The summed E-state index contributed by atoms with van der Waals surface area (Å²) >= 11 is 0. The van der Waals surface area contributed by atoms with E-state index in [1.165, 1.54) is 7.11 Å². The molecule has 0 saturated carbocycles. The van der Waals surface area contributed by atoms with Crippen molar-refractivity contribution in [2.45, 2.75) is 19.8 Å². The molecule has 17 heavy (non-hydrogen) atoms. The molecule has 2 heterocycles. The highest BCUT2D eigenvalue weighted by Crippen LogP contribution is 2.22. The molecule has 5 heteroatoms. The number of methoxy groups -OCH3 is 1. The van der Waals surface area contributed by atoms with Crippen LogP contribution in [0.5, 0.6) is 11.9 Å². The highest BCUT2D eigenvalue weighted by molar-refractivity contribution is 5.79. The molecule has 0 amide bonds. The van der Waals surface area contributed by atoms with Crippen molar-refractivity contribution < 1.29 is 9.47 Å². The zero-order valence-electron chi connectivity index (χ0n) is 10.0. The lowest BCUT2D eigenvalue weighted by molar-refractivity contribution is 0.292. The van der Waals surface area contributed by atoms with E-state index in [-0.39, 0.29) is 0 Å². The zero-order chi connectivity index (χ0) is 12.1. The maximum Gasteiger partial charge on any atom is 0.320 e. The van der Waals surface area contributed by atoms with Crippen molar-refractivity contribution in [3.8, 4) is 11.9 Å². The summed E-state index contributed by atoms with van der Waals surface area (Å²) in [7, 11) is 1.54. The Kier molecular flexibility index (Phi) is 3.69. The van der Waals surface area contributed by atoms with Crippen LogP contribution < -0.4 is 9.47 Å². The van der Waals surface area contributed by atoms with Crippen LogP contribution in [0.3, 0.4) is 0 Å². The maximum absolute atomic E-state index is 5.61. The Balaban J connectivity index is 2.36. The summed E-state index contributed by atoms with van der Waals surface area (Å²) in [6.45, 7) is 2.74. The van der Waals surface area contributed by atoms with E-state index in [0.717, 1.165) is 18.4 Å². The molecule has 0 atom stereocenters. The molecule has 0 unspecified atom stereocenters. The van der Waals surface area contributed by atoms with E-state index >= 15 is 0 Å². The number of unbranched alkanes of at least 4 members (excludes halogenated alkanes) is 1. The highest BCUT2D eigenvalue weighted by atomic mass is 16.5. The summed E-state index contributed by atoms with van der Waals surface area (Å²) in [5.41, 5.74) is 1.40. The summed E-state index contributed by atoms with van der Waals surface area (Å²) in [5, 5.41) is 0. The van der Waals surface area contributed by atoms with Crippen LogP contribution in [0, 0.1) is 0 Å². The first-order valence-corrected chi connectivity index (χ1v) is 5.64. The minimum Gasteiger partial charge on any atom is -0.476 e. The Morgan fingerprint density at radius 1 is 1.29 bits per heavy atom. The number of rotatable bonds is 5. The number of aromatic nitrogens is 3. The van der Waals surface area contributed by atoms with Gasteiger partial charge in [-0.05, 0) is 18.6 Å². The summed E-state index contributed by atoms with van der Waals surface area (Å²) in [6.07, 6.45) is 3.76. The van der Waals surface area contributed by atoms with Gasteiger partial charge in [0.2, 0.25) is 5.88 Å². The fourth-order valence-corrected chi connectivity index (χ4v) is 1.42. The van der Waals surface area contributed by atoms with Crippen LogP contribution >= 0.6 is 0 Å². The Morgan fingerprint density at radius 3 is 2.94 bits per heavy atom. The first kappa shape index (κ1) is 11.6. The molecular weight excluding hydrogens is 218 g/mol. The van der Waals surface area contributed by atoms with Gasteiger partial charge in [0.1, 0.15) is 0 Å². The molecule has 0 N–H and O–H groups in total. The van der Waals surface area contributed by atoms with Crippen molar-refractivity contribution in [1.29, 1.82) is 0 Å². The SMILES string of the molecule is CCCCOc1nc(OC)nc2cccnc12. The Labute approximate surface area is 99.8 Å². The van der Waals surface area contributed by atoms with E-state index in [4.69, 9.17) is 9.47 Å². The van der Waals surface area contributed by atoms with Gasteiger partial charge in [-0.3, -0.25) is 0 Å². The van der Waals surface area contributed by atoms with E-state index < -0.39 is 0 Å². The van der Waals surface area contributed by atoms with Gasteiger partial charge in [-0.2, -0.15) is 9.97 Å². The van der Waals surface area contributed by atoms with E-state index in [0.29, 0.717) is 24.0 Å². The number of ether oxygens (including phenoxy) is 2. The first-order chi connectivity index (χ1) is 8.35. The van der Waals surface area contributed by atoms with Crippen LogP contribution in [0.2, 0.25) is 0 Å². The number of hydrogen-bond acceptors (Lipinski definition) is 5. The predicted octanol–water partition coefficient (Wildman–Crippen LogP) is 2.21. The molecule has 2 aromatic rings. The van der Waals surface area contributed by atoms with Crippen molar-refractivity contribution in [3.63, 3.8) is 0 Å². The molecule has 0 aliphatic heterocycles. The van der Waals surface area contributed by atoms with Crippen LogP contribution in [-0.4, -0.2) is 28.7 Å². The molecule has 0 fully saturated rings. The molecule has 0 saturated heterocycles. The lowest BCUT2D eigenvalue weighted by atomic mass is 10.3. The average Bonchev–Trinajstić information content (AvgIpc) is 2.38. The lowest BCUT2D eigenvalue weighted by Gasteiger charge is -2.07. The van der Waals surface area contributed by atoms with Gasteiger partial charge in [0.05, 0.1) is 19.2 Å². The van der Waals surface area contributed by atoms with Gasteiger partial charge in [0, 0.05) is 6.20 Å². The van der Waals surface area contributed by atoms with Gasteiger partial charge in [0.15, 0.2) is 5.52 Å². The van der Waals surface area contributed by atoms with Crippen molar-refractivity contribution in [3.05, 3.63) is 18.3 Å². The van der Waals surface area contributed by atoms with Crippen molar-refractivity contribution in [2.24, 2.45) is 0 Å². The Morgan fingerprint density at radius 2 is 2.18 bits per heavy atom. The first-order valence-electron chi connectivity index (χ1n) is 5.64. The summed E-state index contributed by atoms with van der Waals surface area (Å²) < 4.78 is 10.6. The zero-order valence-corrected chi connectivity index (χ0v) is 10.0. The number of pyridine rings is 1. The molecule has 5 nitrogen and oxygen atoms in total. The standard InChI is InChI=1S/C12H15N3O2/c1-3-4-8-17-11-10-9(6-5-7-13-10)14-12(15-11)16-2/h5-7H,3-4,8H2,1-2H3. The van der Waals surface area contributed by atoms with Gasteiger partial charge in [-0.25, -0.2) is 4.98 Å². The van der Waals surface area contributed by atoms with E-state index in [9.17, 15) is 0 Å². The highest BCUT2D eigenvalue weighted by Gasteiger charge is 2.09. The van der Waals surface area contributed by atoms with Crippen molar-refractivity contribution in [1.82, 2.24) is 15.0 Å². The Hall–Kier alpha value is -1.91. The molecule has 0 radical (unpaired) electrons. The second-order valence-corrected chi connectivity index (χ2v) is 3.59. The molecule has 0 spiro atoms. The molecular formula is C12H15N3O2. The normalized spacial score (nSPS) is 10.5. The molecule has 0 bridgehead atoms. The number of fused-ring (bicyclic) bond motifs is 1. The third kappa shape index (κ3) is 2.61. The van der Waals surface area contributed by atoms with Gasteiger partial charge in [-0.1, -0.05) is 13.3 Å². The van der Waals surface area contributed by atoms with Crippen LogP contribution in [0.25, 0.3) is 11.0 Å². The van der Waals surface area contributed by atoms with Crippen LogP contribution in [-0.2, 0) is 0 Å². The summed E-state index contributed by atoms with van der Waals surface area (Å²) in [5.74, 6) is 0.487. The minimum atomic E-state index is 0.303. The number of nitrogens with zero attached hydrogens (tertiary/aromatic N) is 3. The van der Waals surface area contributed by atoms with Crippen LogP contribution in [0.4, 0.5) is 0 Å². The van der Waals surface area contributed by atoms with E-state index in [1.54, 1.807) is 6.20 Å². The van der Waals surface area contributed by atoms with Crippen LogP contribution in [0.15, 0.2) is 18.3 Å². The van der Waals surface area contributed by atoms with E-state index in [2.05, 4.69) is 21.9 Å². The van der Waals surface area contributed by atoms with Crippen molar-refractivity contribution in [2.75, 3.05) is 13.7 Å². The Bertz CT molecular complexity index is 502.